The van der Waals surface area contributed by atoms with Crippen molar-refractivity contribution >= 4 is 18.9 Å². The largest absolute Gasteiger partial charge is 0.386 e. The molecule has 0 aromatic carbocycles. The molecule has 0 amide bonds. The van der Waals surface area contributed by atoms with E-state index in [0.717, 1.165) is 0 Å². The van der Waals surface area contributed by atoms with E-state index in [2.05, 4.69) is 9.96 Å². The van der Waals surface area contributed by atoms with E-state index in [-0.39, 0.29) is 0 Å². The zero-order chi connectivity index (χ0) is 7.49. The van der Waals surface area contributed by atoms with Crippen LogP contribution in [0, 0.1) is 0 Å². The van der Waals surface area contributed by atoms with Gasteiger partial charge < -0.3 is 9.96 Å². The van der Waals surface area contributed by atoms with Crippen molar-refractivity contribution in [1.82, 2.24) is 14.5 Å². The van der Waals surface area contributed by atoms with Crippen molar-refractivity contribution in [3.05, 3.63) is 0 Å². The molecule has 2 N–H and O–H groups in total. The van der Waals surface area contributed by atoms with Gasteiger partial charge in [-0.05, 0) is 28.2 Å². The average Bonchev–Trinajstić information content (AvgIpc) is 1.86. The van der Waals surface area contributed by atoms with Crippen molar-refractivity contribution in [1.29, 1.82) is 0 Å². The molecule has 0 fully saturated rings. The van der Waals surface area contributed by atoms with Gasteiger partial charge in [0.25, 0.3) is 0 Å². The van der Waals surface area contributed by atoms with Gasteiger partial charge in [0, 0.05) is 0 Å². The predicted octanol–water partition coefficient (Wildman–Crippen LogP) is -0.339. The molecule has 0 aromatic rings. The Kier molecular flexibility index (Phi) is 3.68. The first kappa shape index (κ1) is 9.39. The minimum Gasteiger partial charge on any atom is -0.304 e. The highest BCUT2D eigenvalue weighted by Gasteiger charge is 2.30. The minimum absolute atomic E-state index is 1.86. The van der Waals surface area contributed by atoms with Crippen LogP contribution < -0.4 is 9.96 Å². The molecule has 0 aliphatic carbocycles. The first-order chi connectivity index (χ1) is 4.06. The van der Waals surface area contributed by atoms with Gasteiger partial charge in [-0.3, -0.25) is 4.57 Å². The quantitative estimate of drug-likeness (QED) is 0.445. The molecule has 0 heterocycles. The zero-order valence-electron chi connectivity index (χ0n) is 6.33. The summed E-state index contributed by atoms with van der Waals surface area (Å²) in [4.78, 5) is 6.09. The average molecular weight is 168 g/mol. The Hall–Kier alpha value is 0.387. The summed E-state index contributed by atoms with van der Waals surface area (Å²) in [5, 5.41) is 0. The summed E-state index contributed by atoms with van der Waals surface area (Å²) in [6.07, 6.45) is 0. The van der Waals surface area contributed by atoms with Crippen LogP contribution >= 0.6 is 11.1 Å². The molecule has 56 valence electrons. The Morgan fingerprint density at radius 2 is 1.56 bits per heavy atom. The van der Waals surface area contributed by atoms with Crippen LogP contribution in [0.2, 0.25) is 0 Å². The summed E-state index contributed by atoms with van der Waals surface area (Å²) in [6, 6.07) is 0. The minimum atomic E-state index is -1.97. The molecule has 3 nitrogen and oxygen atoms in total. The monoisotopic (exact) mass is 167 g/mol. The highest BCUT2D eigenvalue weighted by Crippen LogP contribution is 2.00. The maximum absolute atomic E-state index is 6.09. The summed E-state index contributed by atoms with van der Waals surface area (Å²) < 4.78 is 1.98. The van der Waals surface area contributed by atoms with Gasteiger partial charge in [0.1, 0.15) is 0 Å². The van der Waals surface area contributed by atoms with Gasteiger partial charge in [-0.15, -0.1) is 11.1 Å². The van der Waals surface area contributed by atoms with Gasteiger partial charge in [0.15, 0.2) is 0 Å². The highest BCUT2D eigenvalue weighted by molar-refractivity contribution is 7.15. The Labute approximate surface area is 62.3 Å². The molecule has 0 atom stereocenters. The van der Waals surface area contributed by atoms with Gasteiger partial charge in [0.2, 0.25) is 0 Å². The van der Waals surface area contributed by atoms with Crippen LogP contribution in [-0.4, -0.2) is 40.6 Å². The lowest BCUT2D eigenvalue weighted by atomic mass is 11.3. The smallest absolute Gasteiger partial charge is 0.304 e. The molecule has 0 rings (SSSR count). The molecular formula is C4H14ClN3Si. The molecule has 0 aliphatic rings. The first-order valence-corrected chi connectivity index (χ1v) is 5.77. The molecule has 5 heteroatoms. The Morgan fingerprint density at radius 1 is 1.22 bits per heavy atom. The van der Waals surface area contributed by atoms with E-state index in [0.29, 0.717) is 0 Å². The normalized spacial score (nSPS) is 12.7. The summed E-state index contributed by atoms with van der Waals surface area (Å²) in [7, 11) is 5.65. The van der Waals surface area contributed by atoms with Crippen molar-refractivity contribution in [2.45, 2.75) is 0 Å². The Morgan fingerprint density at radius 3 is 1.56 bits per heavy atom. The number of halogens is 1. The van der Waals surface area contributed by atoms with Crippen LogP contribution in [0.1, 0.15) is 0 Å². The van der Waals surface area contributed by atoms with Gasteiger partial charge >= 0.3 is 7.87 Å². The lowest BCUT2D eigenvalue weighted by molar-refractivity contribution is 0.597. The number of rotatable bonds is 3. The highest BCUT2D eigenvalue weighted by atomic mass is 35.6. The van der Waals surface area contributed by atoms with Crippen LogP contribution in [0.5, 0.6) is 0 Å². The van der Waals surface area contributed by atoms with E-state index in [1.807, 2.05) is 32.8 Å². The third-order valence-corrected chi connectivity index (χ3v) is 5.98. The molecule has 0 aliphatic heterocycles. The van der Waals surface area contributed by atoms with E-state index in [1.165, 1.54) is 0 Å². The second-order valence-electron chi connectivity index (χ2n) is 2.02. The van der Waals surface area contributed by atoms with Gasteiger partial charge in [-0.2, -0.15) is 0 Å². The first-order valence-electron chi connectivity index (χ1n) is 2.81. The van der Waals surface area contributed by atoms with Crippen LogP contribution in [-0.2, 0) is 0 Å². The molecule has 0 unspecified atom stereocenters. The number of hydrogen-bond donors (Lipinski definition) is 2. The molecule has 9 heavy (non-hydrogen) atoms. The van der Waals surface area contributed by atoms with E-state index in [4.69, 9.17) is 11.1 Å². The van der Waals surface area contributed by atoms with E-state index < -0.39 is 7.87 Å². The second kappa shape index (κ2) is 3.53. The molecule has 0 radical (unpaired) electrons. The van der Waals surface area contributed by atoms with Crippen molar-refractivity contribution in [2.75, 3.05) is 28.2 Å². The van der Waals surface area contributed by atoms with Crippen LogP contribution in [0.3, 0.4) is 0 Å². The molecule has 0 aromatic heterocycles. The van der Waals surface area contributed by atoms with E-state index >= 15 is 0 Å². The second-order valence-corrected chi connectivity index (χ2v) is 6.80. The van der Waals surface area contributed by atoms with E-state index in [9.17, 15) is 0 Å². The molecule has 0 saturated carbocycles. The van der Waals surface area contributed by atoms with Gasteiger partial charge in [-0.1, -0.05) is 0 Å². The zero-order valence-corrected chi connectivity index (χ0v) is 8.08. The lowest BCUT2D eigenvalue weighted by Crippen LogP contribution is -2.65. The standard InChI is InChI=1S/C4H14ClN3Si/c1-6-9(5,7-2)8(3)4/h6-7H,1-4H3. The third kappa shape index (κ3) is 2.23. The fourth-order valence-corrected chi connectivity index (χ4v) is 1.72. The van der Waals surface area contributed by atoms with Crippen molar-refractivity contribution < 1.29 is 0 Å². The molecule has 0 spiro atoms. The number of nitrogens with one attached hydrogen (secondary N) is 2. The summed E-state index contributed by atoms with van der Waals surface area (Å²) in [6.45, 7) is 0. The lowest BCUT2D eigenvalue weighted by Gasteiger charge is -2.28. The van der Waals surface area contributed by atoms with Gasteiger partial charge in [-0.25, -0.2) is 0 Å². The summed E-state index contributed by atoms with van der Waals surface area (Å²) >= 11 is 6.09. The van der Waals surface area contributed by atoms with Crippen molar-refractivity contribution in [3.63, 3.8) is 0 Å². The maximum atomic E-state index is 6.09. The summed E-state index contributed by atoms with van der Waals surface area (Å²) in [5.74, 6) is 0. The van der Waals surface area contributed by atoms with Crippen LogP contribution in [0.25, 0.3) is 0 Å². The van der Waals surface area contributed by atoms with Crippen molar-refractivity contribution in [3.8, 4) is 0 Å². The van der Waals surface area contributed by atoms with Crippen LogP contribution in [0.15, 0.2) is 0 Å². The fourth-order valence-electron chi connectivity index (χ4n) is 0.572. The summed E-state index contributed by atoms with van der Waals surface area (Å²) in [5.41, 5.74) is 0. The maximum Gasteiger partial charge on any atom is 0.386 e. The topological polar surface area (TPSA) is 27.3 Å². The number of hydrogen-bond acceptors (Lipinski definition) is 3. The van der Waals surface area contributed by atoms with Crippen molar-refractivity contribution in [2.24, 2.45) is 0 Å². The Balaban J connectivity index is 3.92. The molecule has 0 bridgehead atoms. The molecule has 0 saturated heterocycles. The van der Waals surface area contributed by atoms with Crippen LogP contribution in [0.4, 0.5) is 0 Å². The molecular weight excluding hydrogens is 154 g/mol. The number of nitrogens with zero attached hydrogens (tertiary/aromatic N) is 1. The predicted molar refractivity (Wildman–Crippen MR) is 43.4 cm³/mol. The SMILES string of the molecule is CN[Si](Cl)(NC)N(C)C. The van der Waals surface area contributed by atoms with Gasteiger partial charge in [0.05, 0.1) is 0 Å². The third-order valence-electron chi connectivity index (χ3n) is 1.28. The van der Waals surface area contributed by atoms with E-state index in [1.54, 1.807) is 0 Å². The fraction of sp³-hybridized carbons (Fsp3) is 1.00. The Bertz CT molecular complexity index is 83.9.